The average molecular weight is 211 g/mol. The lowest BCUT2D eigenvalue weighted by atomic mass is 9.99. The maximum absolute atomic E-state index is 11.8. The Labute approximate surface area is 89.7 Å². The number of nitrogens with one attached hydrogen (secondary N) is 1. The summed E-state index contributed by atoms with van der Waals surface area (Å²) < 4.78 is 5.07. The number of ether oxygens (including phenoxy) is 1. The van der Waals surface area contributed by atoms with Crippen molar-refractivity contribution >= 4 is 11.9 Å². The summed E-state index contributed by atoms with van der Waals surface area (Å²) in [5.41, 5.74) is -0.916. The van der Waals surface area contributed by atoms with E-state index in [1.165, 1.54) is 6.92 Å². The van der Waals surface area contributed by atoms with Crippen LogP contribution >= 0.6 is 0 Å². The van der Waals surface area contributed by atoms with Gasteiger partial charge >= 0.3 is 5.97 Å². The Balaban J connectivity index is 2.68. The van der Waals surface area contributed by atoms with Gasteiger partial charge in [-0.25, -0.2) is 4.79 Å². The minimum atomic E-state index is -0.916. The molecule has 0 saturated carbocycles. The average Bonchev–Trinajstić information content (AvgIpc) is 2.62. The Morgan fingerprint density at radius 2 is 2.27 bits per heavy atom. The SMILES string of the molecule is CCCOC(=O)C1(NC(C)=O)C=CCC1. The van der Waals surface area contributed by atoms with Gasteiger partial charge < -0.3 is 10.1 Å². The van der Waals surface area contributed by atoms with E-state index >= 15 is 0 Å². The van der Waals surface area contributed by atoms with Crippen molar-refractivity contribution in [3.8, 4) is 0 Å². The van der Waals surface area contributed by atoms with E-state index in [-0.39, 0.29) is 11.9 Å². The lowest BCUT2D eigenvalue weighted by molar-refractivity contribution is -0.151. The molecule has 4 nitrogen and oxygen atoms in total. The topological polar surface area (TPSA) is 55.4 Å². The molecule has 0 spiro atoms. The van der Waals surface area contributed by atoms with E-state index in [1.807, 2.05) is 13.0 Å². The minimum absolute atomic E-state index is 0.213. The molecule has 15 heavy (non-hydrogen) atoms. The second-order valence-corrected chi connectivity index (χ2v) is 3.73. The van der Waals surface area contributed by atoms with Gasteiger partial charge in [0.25, 0.3) is 0 Å². The molecular weight excluding hydrogens is 194 g/mol. The Morgan fingerprint density at radius 1 is 1.53 bits per heavy atom. The predicted molar refractivity (Wildman–Crippen MR) is 56.2 cm³/mol. The summed E-state index contributed by atoms with van der Waals surface area (Å²) in [6.45, 7) is 3.73. The van der Waals surface area contributed by atoms with Crippen LogP contribution < -0.4 is 5.32 Å². The Bertz CT molecular complexity index is 286. The van der Waals surface area contributed by atoms with Gasteiger partial charge in [0.1, 0.15) is 0 Å². The molecule has 1 N–H and O–H groups in total. The predicted octanol–water partition coefficient (Wildman–Crippen LogP) is 1.16. The van der Waals surface area contributed by atoms with Crippen LogP contribution in [0.1, 0.15) is 33.1 Å². The van der Waals surface area contributed by atoms with Crippen molar-refractivity contribution in [3.05, 3.63) is 12.2 Å². The van der Waals surface area contributed by atoms with Crippen LogP contribution in [-0.4, -0.2) is 24.0 Å². The second-order valence-electron chi connectivity index (χ2n) is 3.73. The van der Waals surface area contributed by atoms with E-state index < -0.39 is 5.54 Å². The molecule has 1 aliphatic rings. The highest BCUT2D eigenvalue weighted by atomic mass is 16.5. The van der Waals surface area contributed by atoms with Gasteiger partial charge in [0.2, 0.25) is 5.91 Å². The monoisotopic (exact) mass is 211 g/mol. The van der Waals surface area contributed by atoms with Crippen molar-refractivity contribution in [2.45, 2.75) is 38.6 Å². The van der Waals surface area contributed by atoms with E-state index in [4.69, 9.17) is 4.74 Å². The molecule has 1 rings (SSSR count). The van der Waals surface area contributed by atoms with E-state index in [0.29, 0.717) is 13.0 Å². The van der Waals surface area contributed by atoms with Gasteiger partial charge in [-0.2, -0.15) is 0 Å². The van der Waals surface area contributed by atoms with E-state index in [9.17, 15) is 9.59 Å². The summed E-state index contributed by atoms with van der Waals surface area (Å²) in [7, 11) is 0. The number of amides is 1. The fourth-order valence-electron chi connectivity index (χ4n) is 1.64. The molecular formula is C11H17NO3. The number of carbonyl (C=O) groups excluding carboxylic acids is 2. The molecule has 1 amide bonds. The maximum atomic E-state index is 11.8. The first-order valence-corrected chi connectivity index (χ1v) is 5.24. The number of carbonyl (C=O) groups is 2. The molecule has 0 fully saturated rings. The molecule has 0 radical (unpaired) electrons. The number of esters is 1. The van der Waals surface area contributed by atoms with Crippen LogP contribution in [0.3, 0.4) is 0 Å². The first kappa shape index (κ1) is 11.8. The quantitative estimate of drug-likeness (QED) is 0.561. The maximum Gasteiger partial charge on any atom is 0.335 e. The van der Waals surface area contributed by atoms with E-state index in [0.717, 1.165) is 12.8 Å². The zero-order chi connectivity index (χ0) is 11.3. The third kappa shape index (κ3) is 2.81. The first-order chi connectivity index (χ1) is 7.10. The van der Waals surface area contributed by atoms with Crippen LogP contribution in [0.25, 0.3) is 0 Å². The molecule has 0 aromatic carbocycles. The van der Waals surface area contributed by atoms with Crippen molar-refractivity contribution in [2.24, 2.45) is 0 Å². The molecule has 0 aliphatic heterocycles. The normalized spacial score (nSPS) is 23.9. The molecule has 84 valence electrons. The lowest BCUT2D eigenvalue weighted by Crippen LogP contribution is -2.52. The largest absolute Gasteiger partial charge is 0.464 e. The van der Waals surface area contributed by atoms with Gasteiger partial charge in [-0.1, -0.05) is 19.1 Å². The molecule has 0 saturated heterocycles. The number of hydrogen-bond donors (Lipinski definition) is 1. The molecule has 0 bridgehead atoms. The summed E-state index contributed by atoms with van der Waals surface area (Å²) in [6, 6.07) is 0. The summed E-state index contributed by atoms with van der Waals surface area (Å²) in [6.07, 6.45) is 5.79. The summed E-state index contributed by atoms with van der Waals surface area (Å²) in [5.74, 6) is -0.566. The van der Waals surface area contributed by atoms with Crippen LogP contribution in [-0.2, 0) is 14.3 Å². The third-order valence-electron chi connectivity index (χ3n) is 2.31. The van der Waals surface area contributed by atoms with Gasteiger partial charge in [-0.3, -0.25) is 4.79 Å². The van der Waals surface area contributed by atoms with Gasteiger partial charge in [0.15, 0.2) is 5.54 Å². The Kier molecular flexibility index (Phi) is 3.88. The number of rotatable bonds is 4. The number of allylic oxidation sites excluding steroid dienone is 1. The van der Waals surface area contributed by atoms with Crippen molar-refractivity contribution in [1.29, 1.82) is 0 Å². The molecule has 0 heterocycles. The van der Waals surface area contributed by atoms with Gasteiger partial charge in [0.05, 0.1) is 6.61 Å². The van der Waals surface area contributed by atoms with Gasteiger partial charge in [-0.15, -0.1) is 0 Å². The highest BCUT2D eigenvalue weighted by molar-refractivity contribution is 5.89. The van der Waals surface area contributed by atoms with Crippen LogP contribution in [0.4, 0.5) is 0 Å². The molecule has 1 aliphatic carbocycles. The summed E-state index contributed by atoms with van der Waals surface area (Å²) in [4.78, 5) is 22.8. The van der Waals surface area contributed by atoms with Crippen molar-refractivity contribution in [2.75, 3.05) is 6.61 Å². The highest BCUT2D eigenvalue weighted by Gasteiger charge is 2.40. The standard InChI is InChI=1S/C11H17NO3/c1-3-8-15-10(14)11(12-9(2)13)6-4-5-7-11/h4,6H,3,5,7-8H2,1-2H3,(H,12,13). The van der Waals surface area contributed by atoms with Crippen LogP contribution in [0, 0.1) is 0 Å². The van der Waals surface area contributed by atoms with Gasteiger partial charge in [-0.05, 0) is 19.3 Å². The zero-order valence-corrected chi connectivity index (χ0v) is 9.21. The Hall–Kier alpha value is -1.32. The highest BCUT2D eigenvalue weighted by Crippen LogP contribution is 2.24. The molecule has 0 aromatic rings. The Morgan fingerprint density at radius 3 is 2.73 bits per heavy atom. The van der Waals surface area contributed by atoms with Crippen LogP contribution in [0.15, 0.2) is 12.2 Å². The van der Waals surface area contributed by atoms with E-state index in [2.05, 4.69) is 5.32 Å². The van der Waals surface area contributed by atoms with Gasteiger partial charge in [0, 0.05) is 6.92 Å². The smallest absolute Gasteiger partial charge is 0.335 e. The van der Waals surface area contributed by atoms with Crippen molar-refractivity contribution < 1.29 is 14.3 Å². The van der Waals surface area contributed by atoms with E-state index in [1.54, 1.807) is 6.08 Å². The fourth-order valence-corrected chi connectivity index (χ4v) is 1.64. The first-order valence-electron chi connectivity index (χ1n) is 5.24. The lowest BCUT2D eigenvalue weighted by Gasteiger charge is -2.25. The minimum Gasteiger partial charge on any atom is -0.464 e. The molecule has 1 unspecified atom stereocenters. The van der Waals surface area contributed by atoms with Crippen molar-refractivity contribution in [3.63, 3.8) is 0 Å². The third-order valence-corrected chi connectivity index (χ3v) is 2.31. The van der Waals surface area contributed by atoms with Crippen molar-refractivity contribution in [1.82, 2.24) is 5.32 Å². The fraction of sp³-hybridized carbons (Fsp3) is 0.636. The number of hydrogen-bond acceptors (Lipinski definition) is 3. The summed E-state index contributed by atoms with van der Waals surface area (Å²) in [5, 5.41) is 2.66. The molecule has 0 aromatic heterocycles. The second kappa shape index (κ2) is 4.96. The zero-order valence-electron chi connectivity index (χ0n) is 9.21. The summed E-state index contributed by atoms with van der Waals surface area (Å²) >= 11 is 0. The van der Waals surface area contributed by atoms with Crippen LogP contribution in [0.2, 0.25) is 0 Å². The van der Waals surface area contributed by atoms with Crippen LogP contribution in [0.5, 0.6) is 0 Å². The molecule has 1 atom stereocenters. The molecule has 4 heteroatoms.